The minimum atomic E-state index is -0.0377. The van der Waals surface area contributed by atoms with Gasteiger partial charge in [-0.1, -0.05) is 13.0 Å². The molecular weight excluding hydrogens is 278 g/mol. The van der Waals surface area contributed by atoms with E-state index in [-0.39, 0.29) is 6.03 Å². The van der Waals surface area contributed by atoms with E-state index in [1.807, 2.05) is 13.0 Å². The van der Waals surface area contributed by atoms with Crippen molar-refractivity contribution in [2.75, 3.05) is 26.8 Å². The Bertz CT molecular complexity index is 621. The molecule has 22 heavy (non-hydrogen) atoms. The molecule has 0 aliphatic heterocycles. The molecule has 0 fully saturated rings. The summed E-state index contributed by atoms with van der Waals surface area (Å²) >= 11 is 0. The van der Waals surface area contributed by atoms with E-state index in [0.29, 0.717) is 19.7 Å². The van der Waals surface area contributed by atoms with Crippen LogP contribution in [0, 0.1) is 6.92 Å². The van der Waals surface area contributed by atoms with Crippen molar-refractivity contribution in [1.29, 1.82) is 0 Å². The third-order valence-electron chi connectivity index (χ3n) is 3.61. The average Bonchev–Trinajstić information content (AvgIpc) is 2.88. The van der Waals surface area contributed by atoms with E-state index < -0.39 is 0 Å². The van der Waals surface area contributed by atoms with Crippen molar-refractivity contribution < 1.29 is 9.53 Å². The van der Waals surface area contributed by atoms with Crippen molar-refractivity contribution in [2.45, 2.75) is 26.8 Å². The predicted octanol–water partition coefficient (Wildman–Crippen LogP) is 3.04. The van der Waals surface area contributed by atoms with Gasteiger partial charge in [-0.25, -0.2) is 4.79 Å². The van der Waals surface area contributed by atoms with Gasteiger partial charge in [-0.2, -0.15) is 0 Å². The zero-order valence-corrected chi connectivity index (χ0v) is 13.6. The molecule has 2 aromatic rings. The molecule has 0 aliphatic rings. The third kappa shape index (κ3) is 4.24. The number of nitrogens with zero attached hydrogens (tertiary/aromatic N) is 1. The first-order valence-corrected chi connectivity index (χ1v) is 7.74. The van der Waals surface area contributed by atoms with Gasteiger partial charge in [-0.15, -0.1) is 0 Å². The van der Waals surface area contributed by atoms with Gasteiger partial charge in [0.05, 0.1) is 6.61 Å². The number of rotatable bonds is 7. The molecule has 0 saturated heterocycles. The van der Waals surface area contributed by atoms with Gasteiger partial charge in [0.15, 0.2) is 0 Å². The van der Waals surface area contributed by atoms with Crippen LogP contribution in [0.2, 0.25) is 0 Å². The molecule has 2 rings (SSSR count). The van der Waals surface area contributed by atoms with E-state index in [2.05, 4.69) is 35.4 Å². The number of carbonyl (C=O) groups is 1. The summed E-state index contributed by atoms with van der Waals surface area (Å²) in [4.78, 5) is 17.3. The number of carbonyl (C=O) groups excluding carboxylic acids is 1. The third-order valence-corrected chi connectivity index (χ3v) is 3.61. The molecule has 0 unspecified atom stereocenters. The number of fused-ring (bicyclic) bond motifs is 1. The number of aryl methyl sites for hydroxylation is 1. The fourth-order valence-corrected chi connectivity index (χ4v) is 2.51. The Kier molecular flexibility index (Phi) is 5.83. The van der Waals surface area contributed by atoms with E-state index >= 15 is 0 Å². The zero-order chi connectivity index (χ0) is 15.9. The molecule has 5 nitrogen and oxygen atoms in total. The van der Waals surface area contributed by atoms with Crippen LogP contribution < -0.4 is 5.32 Å². The Morgan fingerprint density at radius 1 is 1.32 bits per heavy atom. The second-order valence-corrected chi connectivity index (χ2v) is 5.51. The lowest BCUT2D eigenvalue weighted by Gasteiger charge is -2.22. The van der Waals surface area contributed by atoms with Crippen molar-refractivity contribution in [3.05, 3.63) is 35.5 Å². The van der Waals surface area contributed by atoms with E-state index in [0.717, 1.165) is 29.7 Å². The molecule has 0 aliphatic carbocycles. The predicted molar refractivity (Wildman–Crippen MR) is 89.0 cm³/mol. The lowest BCUT2D eigenvalue weighted by molar-refractivity contribution is 0.149. The molecule has 2 amide bonds. The minimum absolute atomic E-state index is 0.0377. The highest BCUT2D eigenvalue weighted by molar-refractivity contribution is 5.81. The van der Waals surface area contributed by atoms with Gasteiger partial charge < -0.3 is 19.9 Å². The van der Waals surface area contributed by atoms with Gasteiger partial charge in [0.25, 0.3) is 0 Å². The number of H-pyrrole nitrogens is 1. The number of aromatic amines is 1. The van der Waals surface area contributed by atoms with Crippen LogP contribution in [0.3, 0.4) is 0 Å². The maximum atomic E-state index is 12.2. The summed E-state index contributed by atoms with van der Waals surface area (Å²) < 4.78 is 5.06. The average molecular weight is 303 g/mol. The molecule has 120 valence electrons. The summed E-state index contributed by atoms with van der Waals surface area (Å²) in [5.74, 6) is 0. The highest BCUT2D eigenvalue weighted by atomic mass is 16.5. The number of nitrogens with one attached hydrogen (secondary N) is 2. The number of benzene rings is 1. The molecule has 1 aromatic carbocycles. The Hall–Kier alpha value is -2.01. The van der Waals surface area contributed by atoms with Gasteiger partial charge in [0.2, 0.25) is 0 Å². The van der Waals surface area contributed by atoms with Crippen LogP contribution in [0.4, 0.5) is 4.79 Å². The quantitative estimate of drug-likeness (QED) is 0.826. The number of hydrogen-bond donors (Lipinski definition) is 2. The number of amides is 2. The van der Waals surface area contributed by atoms with Gasteiger partial charge in [-0.05, 0) is 42.5 Å². The maximum Gasteiger partial charge on any atom is 0.317 e. The summed E-state index contributed by atoms with van der Waals surface area (Å²) in [6.07, 6.45) is 0.936. The maximum absolute atomic E-state index is 12.2. The summed E-state index contributed by atoms with van der Waals surface area (Å²) in [5.41, 5.74) is 3.37. The first-order valence-electron chi connectivity index (χ1n) is 7.74. The monoisotopic (exact) mass is 303 g/mol. The first-order chi connectivity index (χ1) is 10.6. The number of urea groups is 1. The Labute approximate surface area is 131 Å². The van der Waals surface area contributed by atoms with Crippen molar-refractivity contribution in [2.24, 2.45) is 0 Å². The molecule has 1 heterocycles. The fraction of sp³-hybridized carbons (Fsp3) is 0.471. The van der Waals surface area contributed by atoms with Gasteiger partial charge in [-0.3, -0.25) is 0 Å². The summed E-state index contributed by atoms with van der Waals surface area (Å²) in [5, 5.41) is 4.16. The van der Waals surface area contributed by atoms with Crippen LogP contribution in [0.5, 0.6) is 0 Å². The second kappa shape index (κ2) is 7.84. The molecule has 0 bridgehead atoms. The molecule has 5 heteroatoms. The summed E-state index contributed by atoms with van der Waals surface area (Å²) in [6, 6.07) is 8.28. The fourth-order valence-electron chi connectivity index (χ4n) is 2.51. The van der Waals surface area contributed by atoms with Crippen LogP contribution in [0.25, 0.3) is 10.9 Å². The number of methoxy groups -OCH3 is 1. The van der Waals surface area contributed by atoms with Gasteiger partial charge >= 0.3 is 6.03 Å². The standard InChI is InChI=1S/C17H25N3O2/c1-4-7-20(8-9-22-3)17(21)18-12-14-5-6-16-15(11-14)10-13(2)19-16/h5-6,10-11,19H,4,7-9,12H2,1-3H3,(H,18,21). The topological polar surface area (TPSA) is 57.4 Å². The van der Waals surface area contributed by atoms with Crippen molar-refractivity contribution >= 4 is 16.9 Å². The van der Waals surface area contributed by atoms with Crippen LogP contribution in [-0.4, -0.2) is 42.7 Å². The van der Waals surface area contributed by atoms with Crippen molar-refractivity contribution in [3.8, 4) is 0 Å². The normalized spacial score (nSPS) is 10.9. The summed E-state index contributed by atoms with van der Waals surface area (Å²) in [6.45, 7) is 6.56. The Balaban J connectivity index is 1.95. The Morgan fingerprint density at radius 3 is 2.86 bits per heavy atom. The SMILES string of the molecule is CCCN(CCOC)C(=O)NCc1ccc2[nH]c(C)cc2c1. The molecule has 2 N–H and O–H groups in total. The minimum Gasteiger partial charge on any atom is -0.383 e. The second-order valence-electron chi connectivity index (χ2n) is 5.51. The Morgan fingerprint density at radius 2 is 2.14 bits per heavy atom. The van der Waals surface area contributed by atoms with Crippen LogP contribution in [0.15, 0.2) is 24.3 Å². The molecule has 0 spiro atoms. The van der Waals surface area contributed by atoms with Gasteiger partial charge in [0, 0.05) is 38.0 Å². The van der Waals surface area contributed by atoms with Gasteiger partial charge in [0.1, 0.15) is 0 Å². The zero-order valence-electron chi connectivity index (χ0n) is 13.6. The highest BCUT2D eigenvalue weighted by Crippen LogP contribution is 2.16. The lowest BCUT2D eigenvalue weighted by atomic mass is 10.1. The largest absolute Gasteiger partial charge is 0.383 e. The van der Waals surface area contributed by atoms with E-state index in [1.165, 1.54) is 5.39 Å². The number of aromatic nitrogens is 1. The van der Waals surface area contributed by atoms with Crippen LogP contribution in [0.1, 0.15) is 24.6 Å². The van der Waals surface area contributed by atoms with Crippen molar-refractivity contribution in [3.63, 3.8) is 0 Å². The van der Waals surface area contributed by atoms with E-state index in [9.17, 15) is 4.79 Å². The van der Waals surface area contributed by atoms with E-state index in [1.54, 1.807) is 12.0 Å². The number of ether oxygens (including phenoxy) is 1. The lowest BCUT2D eigenvalue weighted by Crippen LogP contribution is -2.41. The van der Waals surface area contributed by atoms with E-state index in [4.69, 9.17) is 4.74 Å². The first kappa shape index (κ1) is 16.4. The molecule has 1 aromatic heterocycles. The summed E-state index contributed by atoms with van der Waals surface area (Å²) in [7, 11) is 1.65. The molecular formula is C17H25N3O2. The molecule has 0 saturated carbocycles. The van der Waals surface area contributed by atoms with Crippen LogP contribution >= 0.6 is 0 Å². The highest BCUT2D eigenvalue weighted by Gasteiger charge is 2.11. The smallest absolute Gasteiger partial charge is 0.317 e. The molecule has 0 atom stereocenters. The van der Waals surface area contributed by atoms with Crippen LogP contribution in [-0.2, 0) is 11.3 Å². The van der Waals surface area contributed by atoms with Crippen molar-refractivity contribution in [1.82, 2.24) is 15.2 Å². The molecule has 0 radical (unpaired) electrons. The number of hydrogen-bond acceptors (Lipinski definition) is 2.